The van der Waals surface area contributed by atoms with E-state index in [4.69, 9.17) is 5.10 Å². The average Bonchev–Trinajstić information content (AvgIpc) is 3.17. The molecule has 0 radical (unpaired) electrons. The molecule has 1 aromatic heterocycles. The normalized spacial score (nSPS) is 24.7. The van der Waals surface area contributed by atoms with E-state index in [2.05, 4.69) is 28.1 Å². The van der Waals surface area contributed by atoms with Crippen LogP contribution in [0.3, 0.4) is 0 Å². The van der Waals surface area contributed by atoms with Crippen LogP contribution in [0.5, 0.6) is 0 Å². The first-order chi connectivity index (χ1) is 16.8. The summed E-state index contributed by atoms with van der Waals surface area (Å²) in [5.41, 5.74) is 2.92. The Labute approximate surface area is 204 Å². The summed E-state index contributed by atoms with van der Waals surface area (Å²) in [5.74, 6) is -0.282. The molecule has 4 heterocycles. The van der Waals surface area contributed by atoms with Crippen LogP contribution in [-0.2, 0) is 16.6 Å². The van der Waals surface area contributed by atoms with E-state index in [0.29, 0.717) is 31.8 Å². The van der Waals surface area contributed by atoms with E-state index in [0.717, 1.165) is 61.3 Å². The number of piperidine rings is 2. The lowest BCUT2D eigenvalue weighted by atomic mass is 9.92. The standard InChI is InChI=1S/C25H34N6O4/c1-16-14-31(25(34)35)13-12-30(16)15-17-8-10-29(11-9-17)20-5-3-4-18-22(27-28(2)23(18)20)19-6-7-21(32)26-24(19)33/h3-5,16-17,19H,6-15H2,1-2H3,(H,34,35)(H,26,32,33)/t16-,19?/m1/s1. The highest BCUT2D eigenvalue weighted by molar-refractivity contribution is 6.03. The van der Waals surface area contributed by atoms with Gasteiger partial charge >= 0.3 is 6.09 Å². The Morgan fingerprint density at radius 3 is 2.60 bits per heavy atom. The van der Waals surface area contributed by atoms with Crippen LogP contribution in [-0.4, -0.2) is 87.9 Å². The largest absolute Gasteiger partial charge is 0.465 e. The summed E-state index contributed by atoms with van der Waals surface area (Å²) in [4.78, 5) is 41.7. The van der Waals surface area contributed by atoms with Gasteiger partial charge in [0.1, 0.15) is 0 Å². The zero-order valence-electron chi connectivity index (χ0n) is 20.4. The number of carbonyl (C=O) groups excluding carboxylic acids is 2. The number of fused-ring (bicyclic) bond motifs is 1. The summed E-state index contributed by atoms with van der Waals surface area (Å²) in [6.07, 6.45) is 2.17. The van der Waals surface area contributed by atoms with Gasteiger partial charge in [0.2, 0.25) is 11.8 Å². The van der Waals surface area contributed by atoms with Gasteiger partial charge in [0.25, 0.3) is 0 Å². The first-order valence-electron chi connectivity index (χ1n) is 12.6. The Morgan fingerprint density at radius 1 is 1.14 bits per heavy atom. The number of hydrogen-bond donors (Lipinski definition) is 2. The van der Waals surface area contributed by atoms with Gasteiger partial charge in [-0.05, 0) is 38.2 Å². The van der Waals surface area contributed by atoms with Crippen molar-refractivity contribution < 1.29 is 19.5 Å². The molecule has 10 nitrogen and oxygen atoms in total. The molecule has 3 aliphatic heterocycles. The average molecular weight is 483 g/mol. The SMILES string of the molecule is C[C@@H]1CN(C(=O)O)CCN1CC1CCN(c2cccc3c(C4CCC(=O)NC4=O)nn(C)c23)CC1. The fraction of sp³-hybridized carbons (Fsp3) is 0.600. The molecule has 0 aliphatic carbocycles. The molecular weight excluding hydrogens is 448 g/mol. The van der Waals surface area contributed by atoms with E-state index in [-0.39, 0.29) is 17.9 Å². The molecule has 10 heteroatoms. The molecule has 2 atom stereocenters. The number of imide groups is 1. The summed E-state index contributed by atoms with van der Waals surface area (Å²) in [6, 6.07) is 6.43. The van der Waals surface area contributed by atoms with E-state index >= 15 is 0 Å². The number of rotatable bonds is 4. The maximum Gasteiger partial charge on any atom is 0.407 e. The van der Waals surface area contributed by atoms with Crippen molar-refractivity contribution in [1.29, 1.82) is 0 Å². The predicted molar refractivity (Wildman–Crippen MR) is 131 cm³/mol. The topological polar surface area (TPSA) is 111 Å². The number of carboxylic acid groups (broad SMARTS) is 1. The van der Waals surface area contributed by atoms with Gasteiger partial charge in [-0.3, -0.25) is 24.5 Å². The van der Waals surface area contributed by atoms with Crippen LogP contribution >= 0.6 is 0 Å². The van der Waals surface area contributed by atoms with Crippen molar-refractivity contribution in [2.24, 2.45) is 13.0 Å². The highest BCUT2D eigenvalue weighted by Gasteiger charge is 2.33. The van der Waals surface area contributed by atoms with E-state index < -0.39 is 12.0 Å². The summed E-state index contributed by atoms with van der Waals surface area (Å²) in [5, 5.41) is 17.4. The quantitative estimate of drug-likeness (QED) is 0.641. The number of para-hydroxylation sites is 1. The van der Waals surface area contributed by atoms with Crippen LogP contribution in [0.1, 0.15) is 44.2 Å². The zero-order valence-corrected chi connectivity index (χ0v) is 20.4. The van der Waals surface area contributed by atoms with Gasteiger partial charge in [-0.1, -0.05) is 12.1 Å². The molecule has 2 aromatic rings. The Kier molecular flexibility index (Phi) is 6.39. The molecule has 5 rings (SSSR count). The second kappa shape index (κ2) is 9.49. The maximum absolute atomic E-state index is 12.5. The van der Waals surface area contributed by atoms with Crippen LogP contribution < -0.4 is 10.2 Å². The van der Waals surface area contributed by atoms with Gasteiger partial charge in [-0.2, -0.15) is 5.10 Å². The predicted octanol–water partition coefficient (Wildman–Crippen LogP) is 1.99. The lowest BCUT2D eigenvalue weighted by Gasteiger charge is -2.42. The molecule has 3 saturated heterocycles. The zero-order chi connectivity index (χ0) is 24.7. The molecule has 0 saturated carbocycles. The number of nitrogens with one attached hydrogen (secondary N) is 1. The van der Waals surface area contributed by atoms with Crippen LogP contribution in [0.25, 0.3) is 10.9 Å². The summed E-state index contributed by atoms with van der Waals surface area (Å²) in [7, 11) is 1.92. The van der Waals surface area contributed by atoms with Gasteiger partial charge in [-0.25, -0.2) is 4.79 Å². The summed E-state index contributed by atoms with van der Waals surface area (Å²) in [6.45, 7) is 6.98. The Hall–Kier alpha value is -3.14. The number of piperazine rings is 1. The number of nitrogens with zero attached hydrogens (tertiary/aromatic N) is 5. The van der Waals surface area contributed by atoms with Crippen molar-refractivity contribution in [3.05, 3.63) is 23.9 Å². The van der Waals surface area contributed by atoms with E-state index in [9.17, 15) is 19.5 Å². The monoisotopic (exact) mass is 482 g/mol. The van der Waals surface area contributed by atoms with Gasteiger partial charge in [0.05, 0.1) is 22.8 Å². The van der Waals surface area contributed by atoms with E-state index in [1.807, 2.05) is 23.9 Å². The number of aryl methyl sites for hydroxylation is 1. The second-order valence-electron chi connectivity index (χ2n) is 10.2. The minimum atomic E-state index is -0.824. The fourth-order valence-corrected chi connectivity index (χ4v) is 5.94. The third-order valence-corrected chi connectivity index (χ3v) is 7.92. The minimum absolute atomic E-state index is 0.215. The number of aromatic nitrogens is 2. The number of amides is 3. The van der Waals surface area contributed by atoms with Crippen LogP contribution in [0.2, 0.25) is 0 Å². The number of carbonyl (C=O) groups is 3. The number of hydrogen-bond acceptors (Lipinski definition) is 6. The van der Waals surface area contributed by atoms with Gasteiger partial charge in [0, 0.05) is 64.2 Å². The molecule has 3 amide bonds. The van der Waals surface area contributed by atoms with Gasteiger partial charge in [0.15, 0.2) is 0 Å². The molecule has 3 fully saturated rings. The van der Waals surface area contributed by atoms with Crippen molar-refractivity contribution in [3.8, 4) is 0 Å². The minimum Gasteiger partial charge on any atom is -0.465 e. The van der Waals surface area contributed by atoms with Gasteiger partial charge < -0.3 is 14.9 Å². The molecule has 3 aliphatic rings. The fourth-order valence-electron chi connectivity index (χ4n) is 5.94. The molecule has 0 bridgehead atoms. The van der Waals surface area contributed by atoms with E-state index in [1.54, 1.807) is 0 Å². The lowest BCUT2D eigenvalue weighted by Crippen LogP contribution is -2.54. The molecule has 0 spiro atoms. The smallest absolute Gasteiger partial charge is 0.407 e. The highest BCUT2D eigenvalue weighted by atomic mass is 16.4. The van der Waals surface area contributed by atoms with Crippen LogP contribution in [0.4, 0.5) is 10.5 Å². The van der Waals surface area contributed by atoms with Crippen molar-refractivity contribution in [1.82, 2.24) is 24.9 Å². The Morgan fingerprint density at radius 2 is 1.91 bits per heavy atom. The van der Waals surface area contributed by atoms with Crippen LogP contribution in [0, 0.1) is 5.92 Å². The Bertz CT molecular complexity index is 1140. The highest BCUT2D eigenvalue weighted by Crippen LogP contribution is 2.36. The molecule has 188 valence electrons. The molecular formula is C25H34N6O4. The van der Waals surface area contributed by atoms with Crippen molar-refractivity contribution >= 4 is 34.5 Å². The van der Waals surface area contributed by atoms with Crippen LogP contribution in [0.15, 0.2) is 18.2 Å². The van der Waals surface area contributed by atoms with Crippen molar-refractivity contribution in [2.45, 2.75) is 44.6 Å². The third-order valence-electron chi connectivity index (χ3n) is 7.92. The first kappa shape index (κ1) is 23.6. The number of benzene rings is 1. The summed E-state index contributed by atoms with van der Waals surface area (Å²) >= 11 is 0. The molecule has 2 N–H and O–H groups in total. The second-order valence-corrected chi connectivity index (χ2v) is 10.2. The molecule has 1 unspecified atom stereocenters. The van der Waals surface area contributed by atoms with E-state index in [1.165, 1.54) is 4.90 Å². The van der Waals surface area contributed by atoms with Gasteiger partial charge in [-0.15, -0.1) is 0 Å². The lowest BCUT2D eigenvalue weighted by molar-refractivity contribution is -0.134. The van der Waals surface area contributed by atoms with Crippen molar-refractivity contribution in [2.75, 3.05) is 44.2 Å². The summed E-state index contributed by atoms with van der Waals surface area (Å²) < 4.78 is 1.87. The van der Waals surface area contributed by atoms with Crippen molar-refractivity contribution in [3.63, 3.8) is 0 Å². The Balaban J connectivity index is 1.27. The maximum atomic E-state index is 12.5. The molecule has 35 heavy (non-hydrogen) atoms. The third kappa shape index (κ3) is 4.59. The number of anilines is 1. The first-order valence-corrected chi connectivity index (χ1v) is 12.6. The molecule has 1 aromatic carbocycles.